The van der Waals surface area contributed by atoms with E-state index in [-0.39, 0.29) is 6.61 Å². The van der Waals surface area contributed by atoms with Crippen LogP contribution >= 0.6 is 0 Å². The van der Waals surface area contributed by atoms with Crippen molar-refractivity contribution in [2.24, 2.45) is 0 Å². The summed E-state index contributed by atoms with van der Waals surface area (Å²) in [5, 5.41) is 12.3. The maximum atomic E-state index is 8.88. The molecule has 3 heteroatoms. The van der Waals surface area contributed by atoms with Gasteiger partial charge >= 0.3 is 0 Å². The Morgan fingerprint density at radius 2 is 2.22 bits per heavy atom. The molecule has 1 aromatic carbocycles. The quantitative estimate of drug-likeness (QED) is 0.853. The van der Waals surface area contributed by atoms with Crippen molar-refractivity contribution in [2.75, 3.05) is 31.1 Å². The van der Waals surface area contributed by atoms with Crippen molar-refractivity contribution in [3.63, 3.8) is 0 Å². The lowest BCUT2D eigenvalue weighted by molar-refractivity contribution is 0.278. The van der Waals surface area contributed by atoms with Gasteiger partial charge in [0.2, 0.25) is 0 Å². The van der Waals surface area contributed by atoms with Crippen molar-refractivity contribution in [3.8, 4) is 0 Å². The normalized spacial score (nSPS) is 20.2. The largest absolute Gasteiger partial charge is 0.395 e. The highest BCUT2D eigenvalue weighted by molar-refractivity contribution is 5.54. The molecule has 2 rings (SSSR count). The molecular formula is C15H24N2O. The number of hydrogen-bond acceptors (Lipinski definition) is 3. The van der Waals surface area contributed by atoms with Crippen LogP contribution in [-0.2, 0) is 0 Å². The maximum absolute atomic E-state index is 8.88. The van der Waals surface area contributed by atoms with Crippen LogP contribution in [0.1, 0.15) is 24.0 Å². The zero-order valence-corrected chi connectivity index (χ0v) is 11.4. The summed E-state index contributed by atoms with van der Waals surface area (Å²) in [7, 11) is 0. The fourth-order valence-corrected chi connectivity index (χ4v) is 2.79. The first-order chi connectivity index (χ1) is 8.70. The summed E-state index contributed by atoms with van der Waals surface area (Å²) in [6, 6.07) is 7.18. The number of rotatable bonds is 4. The number of benzene rings is 1. The Labute approximate surface area is 110 Å². The Balaban J connectivity index is 2.03. The van der Waals surface area contributed by atoms with Crippen LogP contribution in [0.4, 0.5) is 5.69 Å². The molecule has 0 spiro atoms. The minimum atomic E-state index is 0.222. The van der Waals surface area contributed by atoms with E-state index in [9.17, 15) is 0 Å². The van der Waals surface area contributed by atoms with Gasteiger partial charge in [0.1, 0.15) is 0 Å². The van der Waals surface area contributed by atoms with Crippen LogP contribution in [0.2, 0.25) is 0 Å². The van der Waals surface area contributed by atoms with E-state index in [0.717, 1.165) is 13.1 Å². The van der Waals surface area contributed by atoms with Gasteiger partial charge in [-0.15, -0.1) is 0 Å². The number of piperidine rings is 1. The minimum Gasteiger partial charge on any atom is -0.395 e. The molecule has 0 radical (unpaired) electrons. The Bertz CT molecular complexity index is 392. The van der Waals surface area contributed by atoms with Crippen molar-refractivity contribution in [1.29, 1.82) is 0 Å². The Hall–Kier alpha value is -1.06. The third-order valence-corrected chi connectivity index (χ3v) is 3.66. The van der Waals surface area contributed by atoms with Gasteiger partial charge in [-0.05, 0) is 38.3 Å². The van der Waals surface area contributed by atoms with Crippen molar-refractivity contribution in [3.05, 3.63) is 29.3 Å². The predicted octanol–water partition coefficient (Wildman–Crippen LogP) is 1.85. The van der Waals surface area contributed by atoms with Gasteiger partial charge in [-0.3, -0.25) is 0 Å². The van der Waals surface area contributed by atoms with Gasteiger partial charge < -0.3 is 15.3 Å². The third-order valence-electron chi connectivity index (χ3n) is 3.66. The molecule has 1 atom stereocenters. The fourth-order valence-electron chi connectivity index (χ4n) is 2.79. The highest BCUT2D eigenvalue weighted by Crippen LogP contribution is 2.24. The first kappa shape index (κ1) is 13.4. The van der Waals surface area contributed by atoms with Crippen LogP contribution < -0.4 is 10.2 Å². The average molecular weight is 248 g/mol. The Morgan fingerprint density at radius 1 is 1.39 bits per heavy atom. The monoisotopic (exact) mass is 248 g/mol. The first-order valence-corrected chi connectivity index (χ1v) is 6.87. The van der Waals surface area contributed by atoms with Crippen LogP contribution in [0.15, 0.2) is 18.2 Å². The van der Waals surface area contributed by atoms with Crippen LogP contribution in [0.3, 0.4) is 0 Å². The van der Waals surface area contributed by atoms with Crippen molar-refractivity contribution in [1.82, 2.24) is 5.32 Å². The number of aliphatic hydroxyl groups is 1. The van der Waals surface area contributed by atoms with Crippen LogP contribution in [-0.4, -0.2) is 37.4 Å². The summed E-state index contributed by atoms with van der Waals surface area (Å²) in [6.45, 7) is 7.43. The van der Waals surface area contributed by atoms with Crippen molar-refractivity contribution >= 4 is 5.69 Å². The molecular weight excluding hydrogens is 224 g/mol. The van der Waals surface area contributed by atoms with E-state index < -0.39 is 0 Å². The molecule has 18 heavy (non-hydrogen) atoms. The number of aryl methyl sites for hydroxylation is 2. The second-order valence-electron chi connectivity index (χ2n) is 5.25. The number of nitrogens with zero attached hydrogens (tertiary/aromatic N) is 1. The molecule has 0 aliphatic carbocycles. The topological polar surface area (TPSA) is 35.5 Å². The molecule has 2 N–H and O–H groups in total. The van der Waals surface area contributed by atoms with Crippen LogP contribution in [0.5, 0.6) is 0 Å². The molecule has 1 heterocycles. The zero-order chi connectivity index (χ0) is 13.0. The first-order valence-electron chi connectivity index (χ1n) is 6.87. The van der Waals surface area contributed by atoms with Gasteiger partial charge in [-0.25, -0.2) is 0 Å². The Kier molecular flexibility index (Phi) is 4.61. The molecule has 0 aromatic heterocycles. The van der Waals surface area contributed by atoms with Crippen molar-refractivity contribution in [2.45, 2.75) is 32.7 Å². The molecule has 1 fully saturated rings. The molecule has 1 aliphatic heterocycles. The van der Waals surface area contributed by atoms with E-state index in [4.69, 9.17) is 5.11 Å². The molecule has 0 bridgehead atoms. The second kappa shape index (κ2) is 6.21. The summed E-state index contributed by atoms with van der Waals surface area (Å²) in [4.78, 5) is 2.47. The predicted molar refractivity (Wildman–Crippen MR) is 76.2 cm³/mol. The Morgan fingerprint density at radius 3 is 2.94 bits per heavy atom. The summed E-state index contributed by atoms with van der Waals surface area (Å²) in [5.41, 5.74) is 4.04. The second-order valence-corrected chi connectivity index (χ2v) is 5.25. The van der Waals surface area contributed by atoms with E-state index in [1.54, 1.807) is 0 Å². The van der Waals surface area contributed by atoms with Gasteiger partial charge in [0.25, 0.3) is 0 Å². The number of anilines is 1. The lowest BCUT2D eigenvalue weighted by Gasteiger charge is -2.35. The maximum Gasteiger partial charge on any atom is 0.0556 e. The number of aliphatic hydroxyl groups excluding tert-OH is 1. The van der Waals surface area contributed by atoms with Crippen LogP contribution in [0.25, 0.3) is 0 Å². The average Bonchev–Trinajstić information content (AvgIpc) is 2.36. The molecule has 1 saturated heterocycles. The lowest BCUT2D eigenvalue weighted by Crippen LogP contribution is -2.46. The van der Waals surface area contributed by atoms with Gasteiger partial charge in [0.15, 0.2) is 0 Å². The van der Waals surface area contributed by atoms with E-state index in [1.807, 2.05) is 0 Å². The third kappa shape index (κ3) is 3.24. The summed E-state index contributed by atoms with van der Waals surface area (Å²) in [6.07, 6.45) is 2.43. The summed E-state index contributed by atoms with van der Waals surface area (Å²) >= 11 is 0. The van der Waals surface area contributed by atoms with E-state index in [2.05, 4.69) is 42.3 Å². The lowest BCUT2D eigenvalue weighted by atomic mass is 10.0. The number of nitrogens with one attached hydrogen (secondary N) is 1. The molecule has 100 valence electrons. The van der Waals surface area contributed by atoms with E-state index in [1.165, 1.54) is 29.7 Å². The molecule has 1 unspecified atom stereocenters. The van der Waals surface area contributed by atoms with Gasteiger partial charge in [0, 0.05) is 31.4 Å². The molecule has 1 aromatic rings. The highest BCUT2D eigenvalue weighted by Gasteiger charge is 2.20. The summed E-state index contributed by atoms with van der Waals surface area (Å²) in [5.74, 6) is 0. The number of hydrogen-bond donors (Lipinski definition) is 2. The molecule has 1 aliphatic rings. The fraction of sp³-hybridized carbons (Fsp3) is 0.600. The van der Waals surface area contributed by atoms with Crippen LogP contribution in [0, 0.1) is 13.8 Å². The summed E-state index contributed by atoms with van der Waals surface area (Å²) < 4.78 is 0. The molecule has 0 amide bonds. The standard InChI is InChI=1S/C15H24N2O/c1-12-5-6-15(13(2)10-12)17-8-3-4-14(11-17)16-7-9-18/h5-6,10,14,16,18H,3-4,7-9,11H2,1-2H3. The zero-order valence-electron chi connectivity index (χ0n) is 11.4. The van der Waals surface area contributed by atoms with E-state index in [0.29, 0.717) is 12.6 Å². The SMILES string of the molecule is Cc1ccc(N2CCCC(NCCO)C2)c(C)c1. The van der Waals surface area contributed by atoms with E-state index >= 15 is 0 Å². The van der Waals surface area contributed by atoms with Crippen molar-refractivity contribution < 1.29 is 5.11 Å². The molecule has 0 saturated carbocycles. The molecule has 3 nitrogen and oxygen atoms in total. The van der Waals surface area contributed by atoms with Gasteiger partial charge in [0.05, 0.1) is 6.61 Å². The minimum absolute atomic E-state index is 0.222. The van der Waals surface area contributed by atoms with Gasteiger partial charge in [-0.2, -0.15) is 0 Å². The highest BCUT2D eigenvalue weighted by atomic mass is 16.3. The smallest absolute Gasteiger partial charge is 0.0556 e. The van der Waals surface area contributed by atoms with Gasteiger partial charge in [-0.1, -0.05) is 17.7 Å².